The number of hydrogen-bond donors (Lipinski definition) is 1. The second-order valence-electron chi connectivity index (χ2n) is 4.38. The maximum absolute atomic E-state index is 9.19. The molecule has 1 heterocycles. The Morgan fingerprint density at radius 1 is 1.22 bits per heavy atom. The molecule has 1 aromatic heterocycles. The molecule has 1 rings (SSSR count). The van der Waals surface area contributed by atoms with Crippen LogP contribution in [0.15, 0.2) is 18.3 Å². The van der Waals surface area contributed by atoms with Crippen LogP contribution in [0.1, 0.15) is 45.2 Å². The summed E-state index contributed by atoms with van der Waals surface area (Å²) in [6.07, 6.45) is 9.38. The Labute approximate surface area is 111 Å². The average Bonchev–Trinajstić information content (AvgIpc) is 2.64. The average molecular weight is 275 g/mol. The van der Waals surface area contributed by atoms with Crippen LogP contribution in [0.5, 0.6) is 0 Å². The second-order valence-corrected chi connectivity index (χ2v) is 5.85. The van der Waals surface area contributed by atoms with Gasteiger partial charge in [-0.15, -0.1) is 0 Å². The molecule has 0 aromatic carbocycles. The van der Waals surface area contributed by atoms with E-state index in [1.807, 2.05) is 0 Å². The summed E-state index contributed by atoms with van der Waals surface area (Å²) in [4.78, 5) is 0. The Morgan fingerprint density at radius 3 is 2.33 bits per heavy atom. The zero-order valence-corrected chi connectivity index (χ0v) is 12.4. The summed E-state index contributed by atoms with van der Waals surface area (Å²) in [6.45, 7) is 5.70. The molecule has 0 atom stereocenters. The molecule has 106 valence electrons. The van der Waals surface area contributed by atoms with Crippen molar-refractivity contribution < 1.29 is 13.0 Å². The van der Waals surface area contributed by atoms with E-state index in [0.29, 0.717) is 6.26 Å². The van der Waals surface area contributed by atoms with Gasteiger partial charge in [0, 0.05) is 18.4 Å². The highest BCUT2D eigenvalue weighted by Gasteiger charge is 1.98. The molecule has 1 aromatic rings. The number of aryl methyl sites for hydroxylation is 2. The number of nitrogens with zero attached hydrogens (tertiary/aromatic N) is 1. The molecule has 0 unspecified atom stereocenters. The fraction of sp³-hybridized carbons (Fsp3) is 0.692. The molecule has 0 amide bonds. The summed E-state index contributed by atoms with van der Waals surface area (Å²) < 4.78 is 28.3. The first kappa shape index (κ1) is 17.2. The third-order valence-electron chi connectivity index (χ3n) is 2.43. The molecule has 5 heteroatoms. The van der Waals surface area contributed by atoms with E-state index in [0.717, 1.165) is 0 Å². The van der Waals surface area contributed by atoms with Gasteiger partial charge in [0.2, 0.25) is 0 Å². The molecular weight excluding hydrogens is 250 g/mol. The van der Waals surface area contributed by atoms with Gasteiger partial charge in [-0.05, 0) is 25.0 Å². The van der Waals surface area contributed by atoms with E-state index in [4.69, 9.17) is 4.55 Å². The predicted molar refractivity (Wildman–Crippen MR) is 75.4 cm³/mol. The van der Waals surface area contributed by atoms with Gasteiger partial charge < -0.3 is 4.57 Å². The Hall–Kier alpha value is -0.810. The lowest BCUT2D eigenvalue weighted by molar-refractivity contribution is 0.490. The first-order chi connectivity index (χ1) is 8.38. The van der Waals surface area contributed by atoms with Gasteiger partial charge in [-0.3, -0.25) is 4.55 Å². The van der Waals surface area contributed by atoms with E-state index in [-0.39, 0.29) is 0 Å². The van der Waals surface area contributed by atoms with Gasteiger partial charge in [0.15, 0.2) is 0 Å². The van der Waals surface area contributed by atoms with Crippen molar-refractivity contribution in [2.24, 2.45) is 0 Å². The van der Waals surface area contributed by atoms with E-state index < -0.39 is 10.1 Å². The fourth-order valence-electron chi connectivity index (χ4n) is 1.68. The lowest BCUT2D eigenvalue weighted by Crippen LogP contribution is -2.01. The van der Waals surface area contributed by atoms with Gasteiger partial charge in [-0.2, -0.15) is 8.42 Å². The molecule has 0 aliphatic carbocycles. The SMILES string of the molecule is CCCCCn1cccc1CCC.CS(=O)(=O)O. The highest BCUT2D eigenvalue weighted by atomic mass is 32.2. The molecular formula is C13H25NO3S. The van der Waals surface area contributed by atoms with Crippen LogP contribution >= 0.6 is 0 Å². The maximum Gasteiger partial charge on any atom is 0.261 e. The van der Waals surface area contributed by atoms with Gasteiger partial charge in [0.1, 0.15) is 0 Å². The van der Waals surface area contributed by atoms with Crippen molar-refractivity contribution in [3.8, 4) is 0 Å². The zero-order valence-electron chi connectivity index (χ0n) is 11.6. The Morgan fingerprint density at radius 2 is 1.83 bits per heavy atom. The number of aromatic nitrogens is 1. The first-order valence-corrected chi connectivity index (χ1v) is 8.29. The lowest BCUT2D eigenvalue weighted by Gasteiger charge is -2.07. The molecule has 18 heavy (non-hydrogen) atoms. The van der Waals surface area contributed by atoms with Gasteiger partial charge in [-0.1, -0.05) is 33.1 Å². The highest BCUT2D eigenvalue weighted by molar-refractivity contribution is 7.85. The van der Waals surface area contributed by atoms with E-state index in [2.05, 4.69) is 36.7 Å². The van der Waals surface area contributed by atoms with E-state index >= 15 is 0 Å². The van der Waals surface area contributed by atoms with Crippen molar-refractivity contribution in [2.45, 2.75) is 52.5 Å². The topological polar surface area (TPSA) is 59.3 Å². The smallest absolute Gasteiger partial charge is 0.261 e. The summed E-state index contributed by atoms with van der Waals surface area (Å²) in [5.41, 5.74) is 1.50. The van der Waals surface area contributed by atoms with Crippen LogP contribution in [-0.4, -0.2) is 23.8 Å². The van der Waals surface area contributed by atoms with Crippen molar-refractivity contribution in [3.05, 3.63) is 24.0 Å². The van der Waals surface area contributed by atoms with E-state index in [9.17, 15) is 8.42 Å². The lowest BCUT2D eigenvalue weighted by atomic mass is 10.2. The van der Waals surface area contributed by atoms with Gasteiger partial charge in [0.25, 0.3) is 10.1 Å². The van der Waals surface area contributed by atoms with Crippen LogP contribution in [0.4, 0.5) is 0 Å². The minimum Gasteiger partial charge on any atom is -0.351 e. The monoisotopic (exact) mass is 275 g/mol. The molecule has 0 spiro atoms. The summed E-state index contributed by atoms with van der Waals surface area (Å²) in [6, 6.07) is 4.41. The van der Waals surface area contributed by atoms with Crippen molar-refractivity contribution in [3.63, 3.8) is 0 Å². The van der Waals surface area contributed by atoms with Gasteiger partial charge in [0.05, 0.1) is 6.26 Å². The Bertz CT molecular complexity index is 402. The van der Waals surface area contributed by atoms with Crippen LogP contribution in [0.2, 0.25) is 0 Å². The van der Waals surface area contributed by atoms with E-state index in [1.54, 1.807) is 0 Å². The van der Waals surface area contributed by atoms with Crippen molar-refractivity contribution in [2.75, 3.05) is 6.26 Å². The Balaban J connectivity index is 0.000000494. The molecule has 4 nitrogen and oxygen atoms in total. The molecule has 1 N–H and O–H groups in total. The third kappa shape index (κ3) is 10.4. The normalized spacial score (nSPS) is 10.9. The maximum atomic E-state index is 9.19. The highest BCUT2D eigenvalue weighted by Crippen LogP contribution is 2.07. The molecule has 0 saturated heterocycles. The van der Waals surface area contributed by atoms with E-state index in [1.165, 1.54) is 44.3 Å². The van der Waals surface area contributed by atoms with Crippen LogP contribution in [0.3, 0.4) is 0 Å². The van der Waals surface area contributed by atoms with Gasteiger partial charge >= 0.3 is 0 Å². The molecule has 0 aliphatic heterocycles. The predicted octanol–water partition coefficient (Wildman–Crippen LogP) is 3.13. The zero-order chi connectivity index (χ0) is 14.0. The Kier molecular flexibility index (Phi) is 8.75. The number of unbranched alkanes of at least 4 members (excludes halogenated alkanes) is 2. The summed E-state index contributed by atoms with van der Waals surface area (Å²) in [5.74, 6) is 0. The summed E-state index contributed by atoms with van der Waals surface area (Å²) >= 11 is 0. The first-order valence-electron chi connectivity index (χ1n) is 6.45. The minimum atomic E-state index is -3.67. The largest absolute Gasteiger partial charge is 0.351 e. The quantitative estimate of drug-likeness (QED) is 0.641. The molecule has 0 radical (unpaired) electrons. The van der Waals surface area contributed by atoms with Crippen LogP contribution in [0, 0.1) is 0 Å². The number of rotatable bonds is 6. The molecule has 0 aliphatic rings. The fourth-order valence-corrected chi connectivity index (χ4v) is 1.68. The molecule has 0 saturated carbocycles. The van der Waals surface area contributed by atoms with Gasteiger partial charge in [-0.25, -0.2) is 0 Å². The second kappa shape index (κ2) is 9.16. The molecule has 0 fully saturated rings. The van der Waals surface area contributed by atoms with Crippen molar-refractivity contribution in [1.82, 2.24) is 4.57 Å². The van der Waals surface area contributed by atoms with Crippen molar-refractivity contribution >= 4 is 10.1 Å². The standard InChI is InChI=1S/C12H21N.CH4O3S/c1-3-5-6-10-13-11-7-9-12(13)8-4-2;1-5(2,3)4/h7,9,11H,3-6,8,10H2,1-2H3;1H3,(H,2,3,4). The van der Waals surface area contributed by atoms with Crippen LogP contribution in [0.25, 0.3) is 0 Å². The number of hydrogen-bond acceptors (Lipinski definition) is 2. The summed E-state index contributed by atoms with van der Waals surface area (Å²) in [5, 5.41) is 0. The van der Waals surface area contributed by atoms with Crippen LogP contribution in [-0.2, 0) is 23.1 Å². The van der Waals surface area contributed by atoms with Crippen LogP contribution < -0.4 is 0 Å². The molecule has 0 bridgehead atoms. The third-order valence-corrected chi connectivity index (χ3v) is 2.43. The minimum absolute atomic E-state index is 0.715. The summed E-state index contributed by atoms with van der Waals surface area (Å²) in [7, 11) is -3.67. The van der Waals surface area contributed by atoms with Crippen molar-refractivity contribution in [1.29, 1.82) is 0 Å².